The lowest BCUT2D eigenvalue weighted by atomic mass is 9.88. The molecule has 0 N–H and O–H groups in total. The second-order valence-electron chi connectivity index (χ2n) is 2.92. The van der Waals surface area contributed by atoms with Crippen LogP contribution < -0.4 is 0 Å². The van der Waals surface area contributed by atoms with Crippen LogP contribution in [0.2, 0.25) is 0 Å². The summed E-state index contributed by atoms with van der Waals surface area (Å²) in [5.41, 5.74) is 0. The van der Waals surface area contributed by atoms with Crippen LogP contribution in [0.5, 0.6) is 0 Å². The Labute approximate surface area is 72.8 Å². The van der Waals surface area contributed by atoms with E-state index in [4.69, 9.17) is 15.8 Å². The molecule has 3 heteroatoms. The van der Waals surface area contributed by atoms with E-state index in [1.165, 1.54) is 0 Å². The Morgan fingerprint density at radius 3 is 1.92 bits per heavy atom. The topological polar surface area (TPSA) is 71.4 Å². The first-order valence-corrected chi connectivity index (χ1v) is 3.84. The molecule has 0 aromatic carbocycles. The molecule has 3 nitrogen and oxygen atoms in total. The minimum atomic E-state index is -0.315. The van der Waals surface area contributed by atoms with E-state index >= 15 is 0 Å². The van der Waals surface area contributed by atoms with E-state index in [2.05, 4.69) is 0 Å². The third-order valence-electron chi connectivity index (χ3n) is 1.80. The number of hydrogen-bond donors (Lipinski definition) is 0. The zero-order chi connectivity index (χ0) is 9.56. The lowest BCUT2D eigenvalue weighted by Gasteiger charge is -2.10. The highest BCUT2D eigenvalue weighted by Gasteiger charge is 2.18. The van der Waals surface area contributed by atoms with E-state index in [9.17, 15) is 0 Å². The highest BCUT2D eigenvalue weighted by atomic mass is 14.3. The fourth-order valence-electron chi connectivity index (χ4n) is 0.892. The van der Waals surface area contributed by atoms with Crippen LogP contribution in [0.3, 0.4) is 0 Å². The molecule has 0 bridgehead atoms. The lowest BCUT2D eigenvalue weighted by Crippen LogP contribution is -2.11. The van der Waals surface area contributed by atoms with Gasteiger partial charge in [-0.25, -0.2) is 0 Å². The summed E-state index contributed by atoms with van der Waals surface area (Å²) < 4.78 is 0. The van der Waals surface area contributed by atoms with Gasteiger partial charge in [-0.05, 0) is 20.3 Å². The Morgan fingerprint density at radius 2 is 1.58 bits per heavy atom. The van der Waals surface area contributed by atoms with Gasteiger partial charge in [0.2, 0.25) is 0 Å². The van der Waals surface area contributed by atoms with Gasteiger partial charge in [0.25, 0.3) is 0 Å². The summed E-state index contributed by atoms with van der Waals surface area (Å²) in [7, 11) is 0. The van der Waals surface area contributed by atoms with Crippen molar-refractivity contribution in [3.05, 3.63) is 0 Å². The van der Waals surface area contributed by atoms with Crippen LogP contribution in [0.1, 0.15) is 20.3 Å². The molecular formula is C9H11N3. The Bertz CT molecular complexity index is 250. The van der Waals surface area contributed by atoms with E-state index in [0.717, 1.165) is 0 Å². The van der Waals surface area contributed by atoms with Gasteiger partial charge in [-0.3, -0.25) is 0 Å². The van der Waals surface area contributed by atoms with Crippen LogP contribution >= 0.6 is 0 Å². The summed E-state index contributed by atoms with van der Waals surface area (Å²) in [5.74, 6) is -0.749. The largest absolute Gasteiger partial charge is 0.198 e. The molecule has 0 rings (SSSR count). The molecule has 0 saturated heterocycles. The van der Waals surface area contributed by atoms with Gasteiger partial charge in [-0.2, -0.15) is 15.8 Å². The predicted molar refractivity (Wildman–Crippen MR) is 43.3 cm³/mol. The molecule has 0 saturated carbocycles. The molecule has 0 aliphatic heterocycles. The maximum Gasteiger partial charge on any atom is 0.0669 e. The smallest absolute Gasteiger partial charge is 0.0669 e. The van der Waals surface area contributed by atoms with E-state index in [1.54, 1.807) is 13.8 Å². The van der Waals surface area contributed by atoms with E-state index in [0.29, 0.717) is 6.42 Å². The summed E-state index contributed by atoms with van der Waals surface area (Å²) in [6.07, 6.45) is 0.488. The molecule has 0 aromatic rings. The van der Waals surface area contributed by atoms with Crippen molar-refractivity contribution in [2.24, 2.45) is 17.8 Å². The Balaban J connectivity index is 4.15. The maximum absolute atomic E-state index is 8.66. The zero-order valence-electron chi connectivity index (χ0n) is 7.28. The van der Waals surface area contributed by atoms with Crippen molar-refractivity contribution in [1.29, 1.82) is 15.8 Å². The van der Waals surface area contributed by atoms with Crippen LogP contribution in [0.25, 0.3) is 0 Å². The maximum atomic E-state index is 8.66. The zero-order valence-corrected chi connectivity index (χ0v) is 7.28. The minimum absolute atomic E-state index is 0.148. The second-order valence-corrected chi connectivity index (χ2v) is 2.92. The van der Waals surface area contributed by atoms with Gasteiger partial charge in [-0.1, -0.05) is 0 Å². The van der Waals surface area contributed by atoms with Gasteiger partial charge in [0.1, 0.15) is 0 Å². The highest BCUT2D eigenvalue weighted by Crippen LogP contribution is 2.18. The fourth-order valence-corrected chi connectivity index (χ4v) is 0.892. The molecule has 0 radical (unpaired) electrons. The summed E-state index contributed by atoms with van der Waals surface area (Å²) in [4.78, 5) is 0. The van der Waals surface area contributed by atoms with Gasteiger partial charge in [0.05, 0.1) is 30.0 Å². The Morgan fingerprint density at radius 1 is 1.00 bits per heavy atom. The van der Waals surface area contributed by atoms with Crippen molar-refractivity contribution in [3.8, 4) is 18.2 Å². The molecule has 0 amide bonds. The third-order valence-corrected chi connectivity index (χ3v) is 1.80. The average Bonchev–Trinajstić information content (AvgIpc) is 2.12. The molecule has 0 heterocycles. The first-order chi connectivity index (χ1) is 5.65. The highest BCUT2D eigenvalue weighted by molar-refractivity contribution is 4.98. The molecule has 62 valence electrons. The molecule has 12 heavy (non-hydrogen) atoms. The van der Waals surface area contributed by atoms with Crippen molar-refractivity contribution in [2.75, 3.05) is 0 Å². The van der Waals surface area contributed by atoms with Crippen molar-refractivity contribution >= 4 is 0 Å². The number of nitrogens with zero attached hydrogens (tertiary/aromatic N) is 3. The van der Waals surface area contributed by atoms with E-state index in [-0.39, 0.29) is 17.8 Å². The van der Waals surface area contributed by atoms with Gasteiger partial charge in [-0.15, -0.1) is 0 Å². The van der Waals surface area contributed by atoms with Gasteiger partial charge >= 0.3 is 0 Å². The molecule has 0 fully saturated rings. The van der Waals surface area contributed by atoms with Gasteiger partial charge in [0.15, 0.2) is 0 Å². The molecule has 3 atom stereocenters. The quantitative estimate of drug-likeness (QED) is 0.633. The average molecular weight is 161 g/mol. The monoisotopic (exact) mass is 161 g/mol. The molecule has 0 aromatic heterocycles. The lowest BCUT2D eigenvalue weighted by molar-refractivity contribution is 0.449. The minimum Gasteiger partial charge on any atom is -0.198 e. The van der Waals surface area contributed by atoms with Crippen LogP contribution in [0.4, 0.5) is 0 Å². The fraction of sp³-hybridized carbons (Fsp3) is 0.667. The normalized spacial score (nSPS) is 16.2. The summed E-state index contributed by atoms with van der Waals surface area (Å²) in [6, 6.07) is 6.11. The number of hydrogen-bond acceptors (Lipinski definition) is 3. The SMILES string of the molecule is CC(C#N)CC(C#N)C(C)C#N. The van der Waals surface area contributed by atoms with Crippen LogP contribution in [-0.2, 0) is 0 Å². The van der Waals surface area contributed by atoms with E-state index in [1.807, 2.05) is 18.2 Å². The second kappa shape index (κ2) is 5.16. The van der Waals surface area contributed by atoms with Gasteiger partial charge in [0, 0.05) is 5.92 Å². The van der Waals surface area contributed by atoms with Crippen molar-refractivity contribution in [1.82, 2.24) is 0 Å². The van der Waals surface area contributed by atoms with Crippen molar-refractivity contribution < 1.29 is 0 Å². The predicted octanol–water partition coefficient (Wildman–Crippen LogP) is 1.84. The first kappa shape index (κ1) is 10.5. The standard InChI is InChI=1S/C9H11N3/c1-7(4-10)3-9(6-12)8(2)5-11/h7-9H,3H2,1-2H3. The first-order valence-electron chi connectivity index (χ1n) is 3.84. The summed E-state index contributed by atoms with van der Waals surface area (Å²) in [5, 5.41) is 25.7. The van der Waals surface area contributed by atoms with Crippen LogP contribution in [0.15, 0.2) is 0 Å². The van der Waals surface area contributed by atoms with Crippen molar-refractivity contribution in [3.63, 3.8) is 0 Å². The van der Waals surface area contributed by atoms with Gasteiger partial charge < -0.3 is 0 Å². The third kappa shape index (κ3) is 3.04. The Hall–Kier alpha value is -1.53. The number of nitriles is 3. The molecule has 0 aliphatic rings. The molecule has 3 unspecified atom stereocenters. The molecule has 0 spiro atoms. The van der Waals surface area contributed by atoms with Crippen LogP contribution in [0, 0.1) is 51.7 Å². The van der Waals surface area contributed by atoms with E-state index < -0.39 is 0 Å². The Kier molecular flexibility index (Phi) is 4.51. The summed E-state index contributed by atoms with van der Waals surface area (Å²) >= 11 is 0. The molecule has 0 aliphatic carbocycles. The van der Waals surface area contributed by atoms with Crippen LogP contribution in [-0.4, -0.2) is 0 Å². The summed E-state index contributed by atoms with van der Waals surface area (Å²) in [6.45, 7) is 3.46. The number of rotatable bonds is 3. The van der Waals surface area contributed by atoms with Crippen molar-refractivity contribution in [2.45, 2.75) is 20.3 Å². The molecular weight excluding hydrogens is 150 g/mol.